The number of furan rings is 1. The Morgan fingerprint density at radius 1 is 1.09 bits per heavy atom. The Balaban J connectivity index is 2.00. The van der Waals surface area contributed by atoms with Gasteiger partial charge in [0.2, 0.25) is 5.71 Å². The molecule has 1 aromatic carbocycles. The maximum atomic E-state index is 13.3. The van der Waals surface area contributed by atoms with Gasteiger partial charge in [-0.1, -0.05) is 18.2 Å². The van der Waals surface area contributed by atoms with Crippen LogP contribution in [0, 0.1) is 0 Å². The fraction of sp³-hybridized carbons (Fsp3) is 0.0625. The normalized spacial score (nSPS) is 12.1. The number of aromatic nitrogens is 2. The Morgan fingerprint density at radius 3 is 2.52 bits per heavy atom. The summed E-state index contributed by atoms with van der Waals surface area (Å²) >= 11 is 1.45. The molecule has 0 saturated heterocycles. The van der Waals surface area contributed by atoms with Crippen LogP contribution < -0.4 is 0 Å². The molecule has 7 heteroatoms. The first-order chi connectivity index (χ1) is 11.0. The summed E-state index contributed by atoms with van der Waals surface area (Å²) in [6.45, 7) is 0. The van der Waals surface area contributed by atoms with Gasteiger partial charge in [-0.3, -0.25) is 0 Å². The number of nitrogens with zero attached hydrogens (tertiary/aromatic N) is 2. The van der Waals surface area contributed by atoms with Crippen molar-refractivity contribution in [2.75, 3.05) is 0 Å². The van der Waals surface area contributed by atoms with Gasteiger partial charge < -0.3 is 4.42 Å². The van der Waals surface area contributed by atoms with Crippen LogP contribution in [-0.2, 0) is 6.18 Å². The van der Waals surface area contributed by atoms with Crippen LogP contribution in [0.15, 0.2) is 57.6 Å². The summed E-state index contributed by atoms with van der Waals surface area (Å²) in [6.07, 6.45) is -4.55. The SMILES string of the molecule is FC(F)(F)c1nn(-c2ccccc2)c2oc(-c3ccsc3)cc12. The Morgan fingerprint density at radius 2 is 1.87 bits per heavy atom. The highest BCUT2D eigenvalue weighted by Gasteiger charge is 2.38. The predicted molar refractivity (Wildman–Crippen MR) is 81.7 cm³/mol. The minimum absolute atomic E-state index is 0.0393. The van der Waals surface area contributed by atoms with E-state index < -0.39 is 11.9 Å². The molecular weight excluding hydrogens is 325 g/mol. The number of benzene rings is 1. The van der Waals surface area contributed by atoms with Crippen molar-refractivity contribution < 1.29 is 17.6 Å². The van der Waals surface area contributed by atoms with Crippen molar-refractivity contribution in [3.8, 4) is 17.0 Å². The maximum absolute atomic E-state index is 13.3. The fourth-order valence-electron chi connectivity index (χ4n) is 2.41. The number of hydrogen-bond acceptors (Lipinski definition) is 3. The number of alkyl halides is 3. The van der Waals surface area contributed by atoms with Crippen molar-refractivity contribution in [1.82, 2.24) is 9.78 Å². The lowest BCUT2D eigenvalue weighted by Gasteiger charge is -2.03. The molecule has 0 aliphatic carbocycles. The number of thiophene rings is 1. The molecule has 0 aliphatic rings. The minimum Gasteiger partial charge on any atom is -0.438 e. The van der Waals surface area contributed by atoms with E-state index in [9.17, 15) is 13.2 Å². The van der Waals surface area contributed by atoms with E-state index >= 15 is 0 Å². The van der Waals surface area contributed by atoms with Crippen LogP contribution in [0.25, 0.3) is 28.1 Å². The van der Waals surface area contributed by atoms with Crippen LogP contribution >= 0.6 is 11.3 Å². The van der Waals surface area contributed by atoms with E-state index in [1.807, 2.05) is 10.8 Å². The van der Waals surface area contributed by atoms with Crippen LogP contribution in [0.3, 0.4) is 0 Å². The summed E-state index contributed by atoms with van der Waals surface area (Å²) in [7, 11) is 0. The van der Waals surface area contributed by atoms with Crippen LogP contribution in [0.4, 0.5) is 13.2 Å². The lowest BCUT2D eigenvalue weighted by molar-refractivity contribution is -0.140. The lowest BCUT2D eigenvalue weighted by Crippen LogP contribution is -2.07. The Labute approximate surface area is 132 Å². The van der Waals surface area contributed by atoms with Crippen LogP contribution in [0.1, 0.15) is 5.69 Å². The molecule has 4 rings (SSSR count). The van der Waals surface area contributed by atoms with Crippen LogP contribution in [0.2, 0.25) is 0 Å². The summed E-state index contributed by atoms with van der Waals surface area (Å²) in [5.74, 6) is 0.397. The third-order valence-corrected chi connectivity index (χ3v) is 4.12. The van der Waals surface area contributed by atoms with Crippen molar-refractivity contribution in [2.24, 2.45) is 0 Å². The monoisotopic (exact) mass is 334 g/mol. The zero-order chi connectivity index (χ0) is 16.0. The molecule has 23 heavy (non-hydrogen) atoms. The molecule has 0 fully saturated rings. The molecule has 0 spiro atoms. The third kappa shape index (κ3) is 2.33. The van der Waals surface area contributed by atoms with Crippen molar-refractivity contribution in [3.05, 3.63) is 58.9 Å². The van der Waals surface area contributed by atoms with Gasteiger partial charge in [0, 0.05) is 10.9 Å². The Kier molecular flexibility index (Phi) is 3.05. The highest BCUT2D eigenvalue weighted by atomic mass is 32.1. The van der Waals surface area contributed by atoms with Crippen molar-refractivity contribution in [3.63, 3.8) is 0 Å². The Hall–Kier alpha value is -2.54. The van der Waals surface area contributed by atoms with E-state index in [0.29, 0.717) is 11.4 Å². The molecule has 3 heterocycles. The highest BCUT2D eigenvalue weighted by molar-refractivity contribution is 7.08. The second kappa shape index (κ2) is 4.99. The average Bonchev–Trinajstić information content (AvgIpc) is 3.22. The minimum atomic E-state index is -4.55. The summed E-state index contributed by atoms with van der Waals surface area (Å²) < 4.78 is 46.7. The molecule has 0 N–H and O–H groups in total. The van der Waals surface area contributed by atoms with Crippen LogP contribution in [-0.4, -0.2) is 9.78 Å². The van der Waals surface area contributed by atoms with E-state index in [2.05, 4.69) is 5.10 Å². The molecular formula is C16H9F3N2OS. The number of fused-ring (bicyclic) bond motifs is 1. The maximum Gasteiger partial charge on any atom is 0.435 e. The molecule has 0 atom stereocenters. The summed E-state index contributed by atoms with van der Waals surface area (Å²) in [6, 6.07) is 11.8. The van der Waals surface area contributed by atoms with Gasteiger partial charge >= 0.3 is 6.18 Å². The van der Waals surface area contributed by atoms with E-state index in [-0.39, 0.29) is 11.1 Å². The standard InChI is InChI=1S/C16H9F3N2OS/c17-16(18,19)14-12-8-13(10-6-7-23-9-10)22-15(12)21(20-14)11-4-2-1-3-5-11/h1-9H. The van der Waals surface area contributed by atoms with E-state index in [0.717, 1.165) is 5.56 Å². The first kappa shape index (κ1) is 14.1. The lowest BCUT2D eigenvalue weighted by atomic mass is 10.2. The van der Waals surface area contributed by atoms with E-state index in [4.69, 9.17) is 4.42 Å². The highest BCUT2D eigenvalue weighted by Crippen LogP contribution is 2.39. The molecule has 0 radical (unpaired) electrons. The van der Waals surface area contributed by atoms with Crippen molar-refractivity contribution in [1.29, 1.82) is 0 Å². The largest absolute Gasteiger partial charge is 0.438 e. The first-order valence-electron chi connectivity index (χ1n) is 6.72. The smallest absolute Gasteiger partial charge is 0.435 e. The van der Waals surface area contributed by atoms with Gasteiger partial charge in [-0.15, -0.1) is 0 Å². The molecule has 3 aromatic heterocycles. The van der Waals surface area contributed by atoms with E-state index in [1.165, 1.54) is 22.1 Å². The molecule has 0 amide bonds. The van der Waals surface area contributed by atoms with Gasteiger partial charge in [0.25, 0.3) is 0 Å². The molecule has 0 unspecified atom stereocenters. The molecule has 3 nitrogen and oxygen atoms in total. The van der Waals surface area contributed by atoms with Gasteiger partial charge in [0.05, 0.1) is 11.1 Å². The number of para-hydroxylation sites is 1. The molecule has 0 bridgehead atoms. The number of halogens is 3. The zero-order valence-corrected chi connectivity index (χ0v) is 12.4. The molecule has 4 aromatic rings. The van der Waals surface area contributed by atoms with Crippen molar-refractivity contribution in [2.45, 2.75) is 6.18 Å². The third-order valence-electron chi connectivity index (χ3n) is 3.43. The van der Waals surface area contributed by atoms with Gasteiger partial charge in [0.1, 0.15) is 5.76 Å². The summed E-state index contributed by atoms with van der Waals surface area (Å²) in [4.78, 5) is 0. The molecule has 116 valence electrons. The second-order valence-corrected chi connectivity index (χ2v) is 5.72. The van der Waals surface area contributed by atoms with Crippen LogP contribution in [0.5, 0.6) is 0 Å². The van der Waals surface area contributed by atoms with Gasteiger partial charge in [-0.05, 0) is 29.6 Å². The Bertz CT molecular complexity index is 953. The molecule has 0 aliphatic heterocycles. The average molecular weight is 334 g/mol. The quantitative estimate of drug-likeness (QED) is 0.494. The summed E-state index contributed by atoms with van der Waals surface area (Å²) in [5, 5.41) is 7.34. The predicted octanol–water partition coefficient (Wildman–Crippen LogP) is 5.37. The van der Waals surface area contributed by atoms with Gasteiger partial charge in [0.15, 0.2) is 5.69 Å². The topological polar surface area (TPSA) is 31.0 Å². The number of rotatable bonds is 2. The zero-order valence-electron chi connectivity index (χ0n) is 11.5. The number of hydrogen-bond donors (Lipinski definition) is 0. The molecule has 0 saturated carbocycles. The van der Waals surface area contributed by atoms with Gasteiger partial charge in [-0.2, -0.15) is 34.3 Å². The summed E-state index contributed by atoms with van der Waals surface area (Å²) in [5.41, 5.74) is 0.407. The van der Waals surface area contributed by atoms with Crippen molar-refractivity contribution >= 4 is 22.4 Å². The van der Waals surface area contributed by atoms with Gasteiger partial charge in [-0.25, -0.2) is 0 Å². The fourth-order valence-corrected chi connectivity index (χ4v) is 3.05. The first-order valence-corrected chi connectivity index (χ1v) is 7.66. The van der Waals surface area contributed by atoms with E-state index in [1.54, 1.807) is 36.4 Å². The second-order valence-electron chi connectivity index (χ2n) is 4.94.